The van der Waals surface area contributed by atoms with Crippen molar-refractivity contribution in [2.45, 2.75) is 117 Å². The maximum absolute atomic E-state index is 6.01. The minimum Gasteiger partial charge on any atom is -0.493 e. The van der Waals surface area contributed by atoms with E-state index in [0.717, 1.165) is 24.3 Å². The molecule has 0 aromatic heterocycles. The van der Waals surface area contributed by atoms with Gasteiger partial charge in [0.25, 0.3) is 0 Å². The second kappa shape index (κ2) is 20.1. The van der Waals surface area contributed by atoms with Crippen LogP contribution in [-0.4, -0.2) is 27.4 Å². The first-order valence-electron chi connectivity index (χ1n) is 13.3. The summed E-state index contributed by atoms with van der Waals surface area (Å²) in [6.45, 7) is 5.92. The molecule has 0 radical (unpaired) electrons. The molecule has 1 aromatic carbocycles. The Balaban J connectivity index is 2.33. The zero-order valence-corrected chi connectivity index (χ0v) is 21.5. The van der Waals surface area contributed by atoms with Crippen LogP contribution >= 0.6 is 0 Å². The summed E-state index contributed by atoms with van der Waals surface area (Å²) in [5.74, 6) is 2.87. The van der Waals surface area contributed by atoms with Crippen LogP contribution in [0.15, 0.2) is 12.1 Å². The number of unbranched alkanes of at least 4 members (excludes halogenated alkanes) is 14. The van der Waals surface area contributed by atoms with E-state index in [1.807, 2.05) is 12.1 Å². The first-order valence-corrected chi connectivity index (χ1v) is 13.3. The molecule has 0 fully saturated rings. The molecule has 0 unspecified atom stereocenters. The molecule has 0 aliphatic rings. The van der Waals surface area contributed by atoms with Crippen molar-refractivity contribution in [3.05, 3.63) is 12.1 Å². The highest BCUT2D eigenvalue weighted by Gasteiger charge is 2.13. The third kappa shape index (κ3) is 13.1. The molecule has 4 nitrogen and oxygen atoms in total. The molecule has 4 heteroatoms. The van der Waals surface area contributed by atoms with Crippen LogP contribution in [-0.2, 0) is 0 Å². The Labute approximate surface area is 198 Å². The molecule has 0 saturated heterocycles. The Morgan fingerprint density at radius 3 is 1.06 bits per heavy atom. The number of hydrogen-bond donors (Lipinski definition) is 0. The number of benzene rings is 1. The van der Waals surface area contributed by atoms with Crippen LogP contribution in [0.25, 0.3) is 0 Å². The van der Waals surface area contributed by atoms with E-state index in [2.05, 4.69) is 13.8 Å². The Bertz CT molecular complexity index is 509. The average molecular weight is 451 g/mol. The van der Waals surface area contributed by atoms with E-state index in [1.165, 1.54) is 89.9 Å². The van der Waals surface area contributed by atoms with Crippen molar-refractivity contribution in [1.82, 2.24) is 0 Å². The van der Waals surface area contributed by atoms with Crippen LogP contribution in [0.2, 0.25) is 0 Å². The van der Waals surface area contributed by atoms with Gasteiger partial charge in [-0.25, -0.2) is 0 Å². The van der Waals surface area contributed by atoms with Crippen molar-refractivity contribution in [2.24, 2.45) is 0 Å². The molecular formula is C28H50O4. The van der Waals surface area contributed by atoms with Crippen LogP contribution in [0.5, 0.6) is 23.0 Å². The third-order valence-corrected chi connectivity index (χ3v) is 5.96. The molecule has 1 rings (SSSR count). The van der Waals surface area contributed by atoms with Gasteiger partial charge in [0.1, 0.15) is 0 Å². The molecule has 0 N–H and O–H groups in total. The van der Waals surface area contributed by atoms with Crippen LogP contribution in [0.1, 0.15) is 117 Å². The smallest absolute Gasteiger partial charge is 0.165 e. The van der Waals surface area contributed by atoms with Crippen molar-refractivity contribution in [1.29, 1.82) is 0 Å². The average Bonchev–Trinajstić information content (AvgIpc) is 2.82. The Morgan fingerprint density at radius 2 is 0.750 bits per heavy atom. The van der Waals surface area contributed by atoms with E-state index >= 15 is 0 Å². The molecule has 0 atom stereocenters. The molecule has 32 heavy (non-hydrogen) atoms. The fourth-order valence-electron chi connectivity index (χ4n) is 3.90. The van der Waals surface area contributed by atoms with Gasteiger partial charge < -0.3 is 18.9 Å². The maximum atomic E-state index is 6.01. The first-order chi connectivity index (χ1) is 15.8. The highest BCUT2D eigenvalue weighted by atomic mass is 16.5. The van der Waals surface area contributed by atoms with Gasteiger partial charge in [0.05, 0.1) is 27.4 Å². The van der Waals surface area contributed by atoms with Gasteiger partial charge in [-0.05, 0) is 12.8 Å². The lowest BCUT2D eigenvalue weighted by Crippen LogP contribution is -2.03. The summed E-state index contributed by atoms with van der Waals surface area (Å²) in [7, 11) is 3.35. The number of ether oxygens (including phenoxy) is 4. The fraction of sp³-hybridized carbons (Fsp3) is 0.786. The van der Waals surface area contributed by atoms with Gasteiger partial charge in [-0.15, -0.1) is 0 Å². The summed E-state index contributed by atoms with van der Waals surface area (Å²) in [4.78, 5) is 0. The normalized spacial score (nSPS) is 10.9. The Morgan fingerprint density at radius 1 is 0.438 bits per heavy atom. The summed E-state index contributed by atoms with van der Waals surface area (Å²) in [6, 6.07) is 3.79. The zero-order chi connectivity index (χ0) is 23.3. The number of methoxy groups -OCH3 is 2. The van der Waals surface area contributed by atoms with Crippen molar-refractivity contribution in [3.8, 4) is 23.0 Å². The van der Waals surface area contributed by atoms with Crippen molar-refractivity contribution in [3.63, 3.8) is 0 Å². The van der Waals surface area contributed by atoms with Crippen LogP contribution in [0.3, 0.4) is 0 Å². The molecule has 0 heterocycles. The molecule has 186 valence electrons. The van der Waals surface area contributed by atoms with E-state index < -0.39 is 0 Å². The molecule has 0 aliphatic heterocycles. The van der Waals surface area contributed by atoms with E-state index in [1.54, 1.807) is 14.2 Å². The second-order valence-corrected chi connectivity index (χ2v) is 8.80. The monoisotopic (exact) mass is 450 g/mol. The third-order valence-electron chi connectivity index (χ3n) is 5.96. The van der Waals surface area contributed by atoms with E-state index in [9.17, 15) is 0 Å². The Kier molecular flexibility index (Phi) is 17.8. The quantitative estimate of drug-likeness (QED) is 0.165. The van der Waals surface area contributed by atoms with Gasteiger partial charge in [-0.2, -0.15) is 0 Å². The van der Waals surface area contributed by atoms with Crippen LogP contribution < -0.4 is 18.9 Å². The minimum atomic E-state index is 0.701. The fourth-order valence-corrected chi connectivity index (χ4v) is 3.90. The molecule has 0 spiro atoms. The second-order valence-electron chi connectivity index (χ2n) is 8.80. The van der Waals surface area contributed by atoms with E-state index in [0.29, 0.717) is 24.7 Å². The zero-order valence-electron chi connectivity index (χ0n) is 21.5. The summed E-state index contributed by atoms with van der Waals surface area (Å²) in [5, 5.41) is 0. The Hall–Kier alpha value is -1.58. The maximum Gasteiger partial charge on any atom is 0.165 e. The molecular weight excluding hydrogens is 400 g/mol. The lowest BCUT2D eigenvalue weighted by atomic mass is 10.1. The predicted molar refractivity (Wildman–Crippen MR) is 136 cm³/mol. The standard InChI is InChI=1S/C28H50O4/c1-5-7-9-11-13-15-17-19-21-31-27-23-26(30-4)28(24-25(27)29-3)32-22-20-18-16-14-12-10-8-6-2/h23-24H,5-22H2,1-4H3. The van der Waals surface area contributed by atoms with E-state index in [-0.39, 0.29) is 0 Å². The molecule has 0 amide bonds. The van der Waals surface area contributed by atoms with Gasteiger partial charge >= 0.3 is 0 Å². The number of rotatable bonds is 22. The van der Waals surface area contributed by atoms with Crippen molar-refractivity contribution in [2.75, 3.05) is 27.4 Å². The first kappa shape index (κ1) is 28.5. The molecule has 1 aromatic rings. The highest BCUT2D eigenvalue weighted by Crippen LogP contribution is 2.39. The van der Waals surface area contributed by atoms with Crippen LogP contribution in [0.4, 0.5) is 0 Å². The molecule has 0 aliphatic carbocycles. The van der Waals surface area contributed by atoms with Gasteiger partial charge in [-0.3, -0.25) is 0 Å². The largest absolute Gasteiger partial charge is 0.493 e. The van der Waals surface area contributed by atoms with E-state index in [4.69, 9.17) is 18.9 Å². The van der Waals surface area contributed by atoms with Gasteiger partial charge in [0.15, 0.2) is 23.0 Å². The SMILES string of the molecule is CCCCCCCCCCOc1cc(OC)c(OCCCCCCCCCC)cc1OC. The summed E-state index contributed by atoms with van der Waals surface area (Å²) in [5.41, 5.74) is 0. The number of hydrogen-bond acceptors (Lipinski definition) is 4. The van der Waals surface area contributed by atoms with Crippen LogP contribution in [0, 0.1) is 0 Å². The summed E-state index contributed by atoms with van der Waals surface area (Å²) >= 11 is 0. The van der Waals surface area contributed by atoms with Gasteiger partial charge in [0, 0.05) is 12.1 Å². The van der Waals surface area contributed by atoms with Crippen molar-refractivity contribution < 1.29 is 18.9 Å². The highest BCUT2D eigenvalue weighted by molar-refractivity contribution is 5.54. The lowest BCUT2D eigenvalue weighted by molar-refractivity contribution is 0.267. The summed E-state index contributed by atoms with van der Waals surface area (Å²) < 4.78 is 23.1. The lowest BCUT2D eigenvalue weighted by Gasteiger charge is -2.16. The summed E-state index contributed by atoms with van der Waals surface area (Å²) in [6.07, 6.45) is 20.6. The predicted octanol–water partition coefficient (Wildman–Crippen LogP) is 8.74. The molecule has 0 bridgehead atoms. The van der Waals surface area contributed by atoms with Crippen molar-refractivity contribution >= 4 is 0 Å². The molecule has 0 saturated carbocycles. The minimum absolute atomic E-state index is 0.701. The van der Waals surface area contributed by atoms with Gasteiger partial charge in [0.2, 0.25) is 0 Å². The topological polar surface area (TPSA) is 36.9 Å². The van der Waals surface area contributed by atoms with Gasteiger partial charge in [-0.1, -0.05) is 104 Å².